The fourth-order valence-corrected chi connectivity index (χ4v) is 3.83. The molecule has 22 heavy (non-hydrogen) atoms. The number of hydrogen-bond donors (Lipinski definition) is 0. The van der Waals surface area contributed by atoms with Crippen molar-refractivity contribution in [2.24, 2.45) is 10.8 Å². The van der Waals surface area contributed by atoms with Crippen molar-refractivity contribution in [2.75, 3.05) is 0 Å². The molecule has 0 N–H and O–H groups in total. The minimum Gasteiger partial charge on any atom is -0.203 e. The van der Waals surface area contributed by atoms with Gasteiger partial charge in [-0.2, -0.15) is 0 Å². The molecule has 0 aromatic heterocycles. The van der Waals surface area contributed by atoms with E-state index in [4.69, 9.17) is 0 Å². The second-order valence-corrected chi connectivity index (χ2v) is 7.01. The molecule has 0 saturated heterocycles. The summed E-state index contributed by atoms with van der Waals surface area (Å²) in [6.07, 6.45) is 2.84. The Hall–Kier alpha value is -1.39. The van der Waals surface area contributed by atoms with Gasteiger partial charge < -0.3 is 0 Å². The molecule has 0 heterocycles. The molecule has 5 heteroatoms. The summed E-state index contributed by atoms with van der Waals surface area (Å²) < 4.78 is 67.6. The summed E-state index contributed by atoms with van der Waals surface area (Å²) in [5.41, 5.74) is 0.859. The van der Waals surface area contributed by atoms with E-state index >= 15 is 0 Å². The molecule has 2 fully saturated rings. The van der Waals surface area contributed by atoms with Gasteiger partial charge in [0.05, 0.1) is 0 Å². The van der Waals surface area contributed by atoms with Crippen LogP contribution in [0.2, 0.25) is 0 Å². The lowest BCUT2D eigenvalue weighted by Gasteiger charge is -2.18. The Labute approximate surface area is 126 Å². The van der Waals surface area contributed by atoms with Crippen LogP contribution in [0.25, 0.3) is 0 Å². The quantitative estimate of drug-likeness (QED) is 0.294. The predicted octanol–water partition coefficient (Wildman–Crippen LogP) is 5.45. The third-order valence-electron chi connectivity index (χ3n) is 5.64. The van der Waals surface area contributed by atoms with E-state index in [1.54, 1.807) is 0 Å². The standard InChI is InChI=1S/C17H17F5/c1-16(2)15(8-5-4-6-8)17(16,3)7-9-10(18)12(20)14(22)13(21)11(9)19/h4-7H2,1-3H3. The van der Waals surface area contributed by atoms with E-state index in [-0.39, 0.29) is 11.8 Å². The summed E-state index contributed by atoms with van der Waals surface area (Å²) in [6.45, 7) is 5.76. The zero-order valence-corrected chi connectivity index (χ0v) is 12.7. The average Bonchev–Trinajstić information content (AvgIpc) is 2.83. The van der Waals surface area contributed by atoms with Gasteiger partial charge in [0.25, 0.3) is 0 Å². The molecular formula is C17H17F5. The van der Waals surface area contributed by atoms with Crippen LogP contribution in [0, 0.1) is 39.9 Å². The van der Waals surface area contributed by atoms with Crippen molar-refractivity contribution in [3.8, 4) is 0 Å². The molecule has 0 spiro atoms. The molecule has 1 unspecified atom stereocenters. The van der Waals surface area contributed by atoms with Crippen molar-refractivity contribution in [3.05, 3.63) is 45.8 Å². The van der Waals surface area contributed by atoms with Gasteiger partial charge in [-0.25, -0.2) is 22.0 Å². The van der Waals surface area contributed by atoms with Gasteiger partial charge in [-0.15, -0.1) is 0 Å². The van der Waals surface area contributed by atoms with Gasteiger partial charge in [-0.3, -0.25) is 0 Å². The van der Waals surface area contributed by atoms with Gasteiger partial charge in [-0.1, -0.05) is 31.9 Å². The lowest BCUT2D eigenvalue weighted by atomic mass is 9.87. The molecule has 0 aliphatic heterocycles. The molecule has 120 valence electrons. The molecule has 2 aliphatic rings. The van der Waals surface area contributed by atoms with Gasteiger partial charge in [0.15, 0.2) is 23.3 Å². The van der Waals surface area contributed by atoms with Gasteiger partial charge in [0.1, 0.15) is 0 Å². The van der Waals surface area contributed by atoms with Crippen molar-refractivity contribution in [1.29, 1.82) is 0 Å². The van der Waals surface area contributed by atoms with Crippen LogP contribution < -0.4 is 0 Å². The Morgan fingerprint density at radius 2 is 1.23 bits per heavy atom. The molecule has 3 rings (SSSR count). The highest BCUT2D eigenvalue weighted by molar-refractivity contribution is 5.50. The van der Waals surface area contributed by atoms with E-state index in [1.807, 2.05) is 20.8 Å². The van der Waals surface area contributed by atoms with Crippen LogP contribution >= 0.6 is 0 Å². The molecule has 0 bridgehead atoms. The maximum Gasteiger partial charge on any atom is 0.200 e. The lowest BCUT2D eigenvalue weighted by Crippen LogP contribution is -2.14. The van der Waals surface area contributed by atoms with Crippen molar-refractivity contribution in [2.45, 2.75) is 46.5 Å². The highest BCUT2D eigenvalue weighted by atomic mass is 19.2. The topological polar surface area (TPSA) is 0 Å². The van der Waals surface area contributed by atoms with Crippen LogP contribution in [0.1, 0.15) is 45.6 Å². The highest BCUT2D eigenvalue weighted by Gasteiger charge is 2.64. The maximum atomic E-state index is 13.9. The second-order valence-electron chi connectivity index (χ2n) is 7.01. The molecule has 1 aromatic carbocycles. The monoisotopic (exact) mass is 316 g/mol. The predicted molar refractivity (Wildman–Crippen MR) is 72.7 cm³/mol. The number of allylic oxidation sites excluding steroid dienone is 2. The van der Waals surface area contributed by atoms with E-state index in [9.17, 15) is 22.0 Å². The molecular weight excluding hydrogens is 299 g/mol. The van der Waals surface area contributed by atoms with Crippen LogP contribution in [-0.4, -0.2) is 0 Å². The average molecular weight is 316 g/mol. The number of rotatable bonds is 2. The summed E-state index contributed by atoms with van der Waals surface area (Å²) in [5, 5.41) is 0. The smallest absolute Gasteiger partial charge is 0.200 e. The van der Waals surface area contributed by atoms with Crippen molar-refractivity contribution in [1.82, 2.24) is 0 Å². The molecule has 2 saturated carbocycles. The van der Waals surface area contributed by atoms with Crippen LogP contribution in [0.4, 0.5) is 22.0 Å². The summed E-state index contributed by atoms with van der Waals surface area (Å²) in [7, 11) is 0. The molecule has 2 aliphatic carbocycles. The molecule has 0 radical (unpaired) electrons. The van der Waals surface area contributed by atoms with E-state index in [1.165, 1.54) is 5.57 Å². The maximum absolute atomic E-state index is 13.9. The Bertz CT molecular complexity index is 666. The Kier molecular flexibility index (Phi) is 3.21. The normalized spacial score (nSPS) is 26.2. The van der Waals surface area contributed by atoms with Gasteiger partial charge in [0.2, 0.25) is 5.82 Å². The number of hydrogen-bond acceptors (Lipinski definition) is 0. The summed E-state index contributed by atoms with van der Waals surface area (Å²) in [5.74, 6) is -9.25. The van der Waals surface area contributed by atoms with Crippen LogP contribution in [0.3, 0.4) is 0 Å². The first-order valence-electron chi connectivity index (χ1n) is 7.36. The van der Waals surface area contributed by atoms with Crippen LogP contribution in [0.15, 0.2) is 11.1 Å². The first-order valence-corrected chi connectivity index (χ1v) is 7.36. The minimum absolute atomic E-state index is 0.176. The Morgan fingerprint density at radius 1 is 0.773 bits per heavy atom. The fraction of sp³-hybridized carbons (Fsp3) is 0.529. The van der Waals surface area contributed by atoms with Crippen molar-refractivity contribution in [3.63, 3.8) is 0 Å². The largest absolute Gasteiger partial charge is 0.203 e. The van der Waals surface area contributed by atoms with Crippen molar-refractivity contribution >= 4 is 0 Å². The summed E-state index contributed by atoms with van der Waals surface area (Å²) >= 11 is 0. The highest BCUT2D eigenvalue weighted by Crippen LogP contribution is 2.72. The lowest BCUT2D eigenvalue weighted by molar-refractivity contribution is 0.350. The molecule has 1 aromatic rings. The van der Waals surface area contributed by atoms with E-state index in [0.29, 0.717) is 0 Å². The van der Waals surface area contributed by atoms with E-state index in [2.05, 4.69) is 0 Å². The third kappa shape index (κ3) is 1.80. The van der Waals surface area contributed by atoms with E-state index in [0.717, 1.165) is 24.8 Å². The van der Waals surface area contributed by atoms with Crippen LogP contribution in [-0.2, 0) is 6.42 Å². The Balaban J connectivity index is 2.05. The fourth-order valence-electron chi connectivity index (χ4n) is 3.83. The third-order valence-corrected chi connectivity index (χ3v) is 5.64. The SMILES string of the molecule is CC1(C)C(=C2CCC2)C1(C)Cc1c(F)c(F)c(F)c(F)c1F. The molecule has 0 nitrogen and oxygen atoms in total. The van der Waals surface area contributed by atoms with E-state index < -0.39 is 40.1 Å². The van der Waals surface area contributed by atoms with Gasteiger partial charge in [-0.05, 0) is 31.1 Å². The zero-order chi connectivity index (χ0) is 16.4. The van der Waals surface area contributed by atoms with Gasteiger partial charge >= 0.3 is 0 Å². The molecule has 1 atom stereocenters. The first kappa shape index (κ1) is 15.5. The Morgan fingerprint density at radius 3 is 1.64 bits per heavy atom. The summed E-state index contributed by atoms with van der Waals surface area (Å²) in [6, 6.07) is 0. The second kappa shape index (κ2) is 4.56. The summed E-state index contributed by atoms with van der Waals surface area (Å²) in [4.78, 5) is 0. The zero-order valence-electron chi connectivity index (χ0n) is 12.7. The number of benzene rings is 1. The van der Waals surface area contributed by atoms with Crippen molar-refractivity contribution < 1.29 is 22.0 Å². The van der Waals surface area contributed by atoms with Gasteiger partial charge in [0, 0.05) is 11.0 Å². The minimum atomic E-state index is -2.10. The number of halogens is 5. The molecule has 0 amide bonds. The van der Waals surface area contributed by atoms with Crippen LogP contribution in [0.5, 0.6) is 0 Å². The first-order chi connectivity index (χ1) is 10.1.